The molecule has 0 saturated heterocycles. The monoisotopic (exact) mass is 272 g/mol. The Balaban J connectivity index is 3.77. The molecule has 0 radical (unpaired) electrons. The van der Waals surface area contributed by atoms with Gasteiger partial charge in [-0.2, -0.15) is 0 Å². The Hall–Kier alpha value is -1.14. The van der Waals surface area contributed by atoms with Crippen LogP contribution in [0.15, 0.2) is 10.3 Å². The fourth-order valence-electron chi connectivity index (χ4n) is 1.89. The molecule has 0 rings (SSSR count). The summed E-state index contributed by atoms with van der Waals surface area (Å²) in [6, 6.07) is 0.190. The number of rotatable bonds is 10. The van der Waals surface area contributed by atoms with Crippen molar-refractivity contribution < 1.29 is 10.4 Å². The molecule has 0 heterocycles. The van der Waals surface area contributed by atoms with Crippen molar-refractivity contribution in [2.24, 2.45) is 10.3 Å². The molecule has 2 unspecified atom stereocenters. The van der Waals surface area contributed by atoms with Crippen molar-refractivity contribution in [3.05, 3.63) is 0 Å². The van der Waals surface area contributed by atoms with Crippen LogP contribution in [0, 0.1) is 0 Å². The molecular formula is C13H28N4O2. The second-order valence-corrected chi connectivity index (χ2v) is 4.59. The maximum atomic E-state index is 8.79. The zero-order valence-corrected chi connectivity index (χ0v) is 12.5. The summed E-state index contributed by atoms with van der Waals surface area (Å²) in [5.74, 6) is 0. The van der Waals surface area contributed by atoms with Gasteiger partial charge in [0.15, 0.2) is 0 Å². The van der Waals surface area contributed by atoms with Gasteiger partial charge < -0.3 is 21.0 Å². The fourth-order valence-corrected chi connectivity index (χ4v) is 1.89. The first-order valence-electron chi connectivity index (χ1n) is 6.99. The summed E-state index contributed by atoms with van der Waals surface area (Å²) in [4.78, 5) is 0. The molecule has 0 saturated carbocycles. The van der Waals surface area contributed by atoms with Crippen molar-refractivity contribution in [2.75, 3.05) is 13.1 Å². The molecule has 0 spiro atoms. The molecule has 0 aliphatic rings. The normalized spacial score (nSPS) is 16.4. The van der Waals surface area contributed by atoms with Gasteiger partial charge in [-0.25, -0.2) is 0 Å². The molecule has 0 aliphatic carbocycles. The van der Waals surface area contributed by atoms with E-state index < -0.39 is 0 Å². The maximum Gasteiger partial charge on any atom is 0.0734 e. The minimum Gasteiger partial charge on any atom is -0.411 e. The lowest BCUT2D eigenvalue weighted by molar-refractivity contribution is 0.314. The molecule has 0 fully saturated rings. The second kappa shape index (κ2) is 10.8. The smallest absolute Gasteiger partial charge is 0.0734 e. The van der Waals surface area contributed by atoms with E-state index in [-0.39, 0.29) is 12.1 Å². The van der Waals surface area contributed by atoms with Crippen LogP contribution in [-0.4, -0.2) is 47.0 Å². The summed E-state index contributed by atoms with van der Waals surface area (Å²) >= 11 is 0. The number of oxime groups is 2. The van der Waals surface area contributed by atoms with E-state index in [0.717, 1.165) is 43.8 Å². The molecule has 0 bridgehead atoms. The molecule has 0 aromatic heterocycles. The highest BCUT2D eigenvalue weighted by atomic mass is 16.4. The van der Waals surface area contributed by atoms with E-state index >= 15 is 0 Å². The topological polar surface area (TPSA) is 89.2 Å². The van der Waals surface area contributed by atoms with Crippen molar-refractivity contribution in [1.29, 1.82) is 0 Å². The first-order valence-corrected chi connectivity index (χ1v) is 6.99. The molecule has 4 N–H and O–H groups in total. The summed E-state index contributed by atoms with van der Waals surface area (Å²) in [5.41, 5.74) is 1.53. The van der Waals surface area contributed by atoms with Gasteiger partial charge in [0.1, 0.15) is 0 Å². The van der Waals surface area contributed by atoms with Gasteiger partial charge in [-0.15, -0.1) is 0 Å². The van der Waals surface area contributed by atoms with E-state index in [1.54, 1.807) is 0 Å². The zero-order chi connectivity index (χ0) is 14.7. The third-order valence-electron chi connectivity index (χ3n) is 3.24. The van der Waals surface area contributed by atoms with Crippen LogP contribution in [0.25, 0.3) is 0 Å². The third-order valence-corrected chi connectivity index (χ3v) is 3.24. The van der Waals surface area contributed by atoms with E-state index in [1.807, 2.05) is 27.7 Å². The van der Waals surface area contributed by atoms with E-state index in [2.05, 4.69) is 20.9 Å². The SMILES string of the molecule is CCC(=NO)C(C)NCCCNC(C)C(CC)=NO. The summed E-state index contributed by atoms with van der Waals surface area (Å²) < 4.78 is 0. The van der Waals surface area contributed by atoms with Gasteiger partial charge in [0.25, 0.3) is 0 Å². The van der Waals surface area contributed by atoms with Crippen molar-refractivity contribution in [3.8, 4) is 0 Å². The fraction of sp³-hybridized carbons (Fsp3) is 0.846. The minimum absolute atomic E-state index is 0.0950. The van der Waals surface area contributed by atoms with Gasteiger partial charge in [-0.1, -0.05) is 24.2 Å². The summed E-state index contributed by atoms with van der Waals surface area (Å²) in [6.07, 6.45) is 2.44. The lowest BCUT2D eigenvalue weighted by Gasteiger charge is -2.16. The zero-order valence-electron chi connectivity index (χ0n) is 12.5. The highest BCUT2D eigenvalue weighted by Crippen LogP contribution is 1.95. The average molecular weight is 272 g/mol. The Morgan fingerprint density at radius 1 is 0.895 bits per heavy atom. The first kappa shape index (κ1) is 17.9. The molecule has 0 aromatic carbocycles. The lowest BCUT2D eigenvalue weighted by Crippen LogP contribution is -2.38. The van der Waals surface area contributed by atoms with Gasteiger partial charge in [-0.05, 0) is 46.2 Å². The quantitative estimate of drug-likeness (QED) is 0.211. The Kier molecular flexibility index (Phi) is 10.1. The molecule has 0 amide bonds. The number of hydrogen-bond donors (Lipinski definition) is 4. The summed E-state index contributed by atoms with van der Waals surface area (Å²) in [6.45, 7) is 9.60. The summed E-state index contributed by atoms with van der Waals surface area (Å²) in [5, 5.41) is 30.7. The molecule has 0 aliphatic heterocycles. The Morgan fingerprint density at radius 2 is 1.26 bits per heavy atom. The van der Waals surface area contributed by atoms with Crippen LogP contribution in [0.4, 0.5) is 0 Å². The van der Waals surface area contributed by atoms with Crippen LogP contribution in [0.1, 0.15) is 47.0 Å². The lowest BCUT2D eigenvalue weighted by atomic mass is 10.1. The molecule has 0 aromatic rings. The largest absolute Gasteiger partial charge is 0.411 e. The predicted octanol–water partition coefficient (Wildman–Crippen LogP) is 1.81. The van der Waals surface area contributed by atoms with Gasteiger partial charge in [-0.3, -0.25) is 0 Å². The van der Waals surface area contributed by atoms with Gasteiger partial charge in [0.2, 0.25) is 0 Å². The van der Waals surface area contributed by atoms with Crippen molar-refractivity contribution in [1.82, 2.24) is 10.6 Å². The number of nitrogens with one attached hydrogen (secondary N) is 2. The van der Waals surface area contributed by atoms with Gasteiger partial charge >= 0.3 is 0 Å². The summed E-state index contributed by atoms with van der Waals surface area (Å²) in [7, 11) is 0. The number of nitrogens with zero attached hydrogens (tertiary/aromatic N) is 2. The van der Waals surface area contributed by atoms with Crippen LogP contribution < -0.4 is 10.6 Å². The van der Waals surface area contributed by atoms with E-state index in [9.17, 15) is 0 Å². The highest BCUT2D eigenvalue weighted by Gasteiger charge is 2.09. The van der Waals surface area contributed by atoms with Gasteiger partial charge in [0, 0.05) is 12.1 Å². The molecule has 6 nitrogen and oxygen atoms in total. The Bertz CT molecular complexity index is 264. The van der Waals surface area contributed by atoms with Crippen molar-refractivity contribution in [2.45, 2.75) is 59.0 Å². The second-order valence-electron chi connectivity index (χ2n) is 4.59. The Morgan fingerprint density at radius 3 is 1.53 bits per heavy atom. The van der Waals surface area contributed by atoms with E-state index in [0.29, 0.717) is 0 Å². The van der Waals surface area contributed by atoms with Crippen molar-refractivity contribution in [3.63, 3.8) is 0 Å². The van der Waals surface area contributed by atoms with E-state index in [1.165, 1.54) is 0 Å². The molecule has 2 atom stereocenters. The van der Waals surface area contributed by atoms with Crippen molar-refractivity contribution >= 4 is 11.4 Å². The average Bonchev–Trinajstić information content (AvgIpc) is 2.41. The Labute approximate surface area is 116 Å². The maximum absolute atomic E-state index is 8.79. The molecule has 112 valence electrons. The molecule has 6 heteroatoms. The first-order chi connectivity index (χ1) is 9.10. The minimum atomic E-state index is 0.0950. The van der Waals surface area contributed by atoms with Crippen LogP contribution in [0.2, 0.25) is 0 Å². The van der Waals surface area contributed by atoms with Crippen LogP contribution in [0.3, 0.4) is 0 Å². The van der Waals surface area contributed by atoms with Crippen LogP contribution >= 0.6 is 0 Å². The van der Waals surface area contributed by atoms with Crippen LogP contribution in [-0.2, 0) is 0 Å². The molecular weight excluding hydrogens is 244 g/mol. The van der Waals surface area contributed by atoms with Crippen LogP contribution in [0.5, 0.6) is 0 Å². The third kappa shape index (κ3) is 7.12. The van der Waals surface area contributed by atoms with Gasteiger partial charge in [0.05, 0.1) is 11.4 Å². The highest BCUT2D eigenvalue weighted by molar-refractivity contribution is 5.88. The predicted molar refractivity (Wildman–Crippen MR) is 78.6 cm³/mol. The molecule has 19 heavy (non-hydrogen) atoms. The number of hydrogen-bond acceptors (Lipinski definition) is 6. The standard InChI is InChI=1S/C13H28N4O2/c1-5-12(16-18)10(3)14-8-7-9-15-11(4)13(6-2)17-19/h10-11,14-15,18-19H,5-9H2,1-4H3. The van der Waals surface area contributed by atoms with E-state index in [4.69, 9.17) is 10.4 Å².